The fourth-order valence-corrected chi connectivity index (χ4v) is 5.69. The maximum Gasteiger partial charge on any atom is 0.338 e. The molecule has 9 nitrogen and oxygen atoms in total. The summed E-state index contributed by atoms with van der Waals surface area (Å²) in [6.07, 6.45) is 3.28. The van der Waals surface area contributed by atoms with Gasteiger partial charge in [-0.3, -0.25) is 9.59 Å². The van der Waals surface area contributed by atoms with Crippen molar-refractivity contribution in [2.75, 3.05) is 26.2 Å². The van der Waals surface area contributed by atoms with Crippen LogP contribution in [0.1, 0.15) is 56.8 Å². The van der Waals surface area contributed by atoms with Crippen LogP contribution in [0.3, 0.4) is 0 Å². The molecule has 3 atom stereocenters. The molecular weight excluding hydrogens is 446 g/mol. The van der Waals surface area contributed by atoms with E-state index >= 15 is 0 Å². The number of piperazine rings is 1. The zero-order valence-electron chi connectivity index (χ0n) is 19.5. The van der Waals surface area contributed by atoms with Crippen LogP contribution in [0, 0.1) is 5.92 Å². The third-order valence-corrected chi connectivity index (χ3v) is 8.42. The SMILES string of the molecule is CC(=O)N1CCN(S(=O)(=O)c2ccc(C(=O)OC(C)C(=O)NC3CCCCC3C)cc2)CC1. The first kappa shape index (κ1) is 25.2. The monoisotopic (exact) mass is 479 g/mol. The second kappa shape index (κ2) is 10.6. The Bertz CT molecular complexity index is 970. The smallest absolute Gasteiger partial charge is 0.338 e. The highest BCUT2D eigenvalue weighted by Crippen LogP contribution is 2.24. The number of esters is 1. The number of hydrogen-bond acceptors (Lipinski definition) is 6. The maximum atomic E-state index is 12.9. The van der Waals surface area contributed by atoms with E-state index in [2.05, 4.69) is 12.2 Å². The van der Waals surface area contributed by atoms with E-state index in [1.54, 1.807) is 4.90 Å². The first-order valence-corrected chi connectivity index (χ1v) is 12.9. The minimum atomic E-state index is -3.73. The van der Waals surface area contributed by atoms with Crippen LogP contribution in [0.2, 0.25) is 0 Å². The Morgan fingerprint density at radius 3 is 2.21 bits per heavy atom. The van der Waals surface area contributed by atoms with E-state index in [1.807, 2.05) is 0 Å². The van der Waals surface area contributed by atoms with Gasteiger partial charge in [0.25, 0.3) is 5.91 Å². The van der Waals surface area contributed by atoms with Gasteiger partial charge in [-0.15, -0.1) is 0 Å². The molecule has 0 bridgehead atoms. The molecule has 1 aromatic rings. The summed E-state index contributed by atoms with van der Waals surface area (Å²) in [6, 6.07) is 5.58. The van der Waals surface area contributed by atoms with Crippen LogP contribution in [0.4, 0.5) is 0 Å². The number of ether oxygens (including phenoxy) is 1. The van der Waals surface area contributed by atoms with Crippen LogP contribution in [0.25, 0.3) is 0 Å². The van der Waals surface area contributed by atoms with E-state index < -0.39 is 22.1 Å². The summed E-state index contributed by atoms with van der Waals surface area (Å²) < 4.78 is 32.4. The number of carbonyl (C=O) groups is 3. The van der Waals surface area contributed by atoms with Crippen molar-refractivity contribution in [3.05, 3.63) is 29.8 Å². The molecular formula is C23H33N3O6S. The molecule has 3 rings (SSSR count). The van der Waals surface area contributed by atoms with Gasteiger partial charge in [-0.2, -0.15) is 4.31 Å². The van der Waals surface area contributed by atoms with Crippen molar-refractivity contribution in [1.29, 1.82) is 0 Å². The molecule has 2 fully saturated rings. The molecule has 10 heteroatoms. The predicted octanol–water partition coefficient (Wildman–Crippen LogP) is 1.78. The Morgan fingerprint density at radius 1 is 1.03 bits per heavy atom. The number of hydrogen-bond donors (Lipinski definition) is 1. The Kier molecular flexibility index (Phi) is 8.12. The van der Waals surface area contributed by atoms with E-state index in [1.165, 1.54) is 48.8 Å². The highest BCUT2D eigenvalue weighted by molar-refractivity contribution is 7.89. The third-order valence-electron chi connectivity index (χ3n) is 6.50. The molecule has 1 saturated carbocycles. The van der Waals surface area contributed by atoms with Gasteiger partial charge in [-0.1, -0.05) is 19.8 Å². The summed E-state index contributed by atoms with van der Waals surface area (Å²) in [4.78, 5) is 38.0. The van der Waals surface area contributed by atoms with Gasteiger partial charge in [0, 0.05) is 39.1 Å². The largest absolute Gasteiger partial charge is 0.449 e. The average Bonchev–Trinajstić information content (AvgIpc) is 2.80. The highest BCUT2D eigenvalue weighted by Gasteiger charge is 2.30. The molecule has 0 radical (unpaired) electrons. The molecule has 2 aliphatic rings. The van der Waals surface area contributed by atoms with Crippen molar-refractivity contribution in [2.45, 2.75) is 63.5 Å². The number of nitrogens with zero attached hydrogens (tertiary/aromatic N) is 2. The zero-order valence-corrected chi connectivity index (χ0v) is 20.3. The number of rotatable bonds is 6. The second-order valence-corrected chi connectivity index (χ2v) is 10.8. The Labute approximate surface area is 195 Å². The van der Waals surface area contributed by atoms with Crippen LogP contribution in [0.5, 0.6) is 0 Å². The van der Waals surface area contributed by atoms with Gasteiger partial charge in [-0.25, -0.2) is 13.2 Å². The third kappa shape index (κ3) is 6.11. The number of amides is 2. The normalized spacial score (nSPS) is 22.9. The van der Waals surface area contributed by atoms with Crippen LogP contribution in [-0.2, 0) is 24.3 Å². The number of nitrogens with one attached hydrogen (secondary N) is 1. The van der Waals surface area contributed by atoms with E-state index in [4.69, 9.17) is 4.74 Å². The van der Waals surface area contributed by atoms with Crippen LogP contribution in [-0.4, -0.2) is 73.7 Å². The summed E-state index contributed by atoms with van der Waals surface area (Å²) >= 11 is 0. The van der Waals surface area contributed by atoms with E-state index in [-0.39, 0.29) is 41.4 Å². The minimum absolute atomic E-state index is 0.0624. The van der Waals surface area contributed by atoms with Crippen molar-refractivity contribution in [3.63, 3.8) is 0 Å². The summed E-state index contributed by atoms with van der Waals surface area (Å²) in [5, 5.41) is 2.98. The van der Waals surface area contributed by atoms with Gasteiger partial charge in [-0.05, 0) is 49.9 Å². The molecule has 33 heavy (non-hydrogen) atoms. The Hall–Kier alpha value is -2.46. The molecule has 1 N–H and O–H groups in total. The van der Waals surface area contributed by atoms with E-state index in [0.29, 0.717) is 19.0 Å². The fourth-order valence-electron chi connectivity index (χ4n) is 4.27. The first-order chi connectivity index (χ1) is 15.6. The maximum absolute atomic E-state index is 12.9. The van der Waals surface area contributed by atoms with Crippen molar-refractivity contribution in [3.8, 4) is 0 Å². The molecule has 1 aliphatic heterocycles. The lowest BCUT2D eigenvalue weighted by molar-refractivity contribution is -0.130. The molecule has 0 aromatic heterocycles. The predicted molar refractivity (Wildman–Crippen MR) is 122 cm³/mol. The van der Waals surface area contributed by atoms with Crippen molar-refractivity contribution in [2.24, 2.45) is 5.92 Å². The van der Waals surface area contributed by atoms with Crippen LogP contribution >= 0.6 is 0 Å². The number of sulfonamides is 1. The minimum Gasteiger partial charge on any atom is -0.449 e. The summed E-state index contributed by atoms with van der Waals surface area (Å²) in [5.41, 5.74) is 0.168. The van der Waals surface area contributed by atoms with Gasteiger partial charge in [0.2, 0.25) is 15.9 Å². The van der Waals surface area contributed by atoms with Crippen LogP contribution in [0.15, 0.2) is 29.2 Å². The lowest BCUT2D eigenvalue weighted by atomic mass is 9.86. The fraction of sp³-hybridized carbons (Fsp3) is 0.609. The van der Waals surface area contributed by atoms with Crippen molar-refractivity contribution >= 4 is 27.8 Å². The number of benzene rings is 1. The molecule has 1 heterocycles. The molecule has 3 unspecified atom stereocenters. The average molecular weight is 480 g/mol. The molecule has 182 valence electrons. The molecule has 1 saturated heterocycles. The first-order valence-electron chi connectivity index (χ1n) is 11.5. The van der Waals surface area contributed by atoms with Gasteiger partial charge in [0.05, 0.1) is 10.5 Å². The summed E-state index contributed by atoms with van der Waals surface area (Å²) in [7, 11) is -3.73. The second-order valence-electron chi connectivity index (χ2n) is 8.86. The zero-order chi connectivity index (χ0) is 24.2. The van der Waals surface area contributed by atoms with Gasteiger partial charge in [0.1, 0.15) is 0 Å². The van der Waals surface area contributed by atoms with Gasteiger partial charge < -0.3 is 15.0 Å². The van der Waals surface area contributed by atoms with Gasteiger partial charge >= 0.3 is 5.97 Å². The Morgan fingerprint density at radius 2 is 1.64 bits per heavy atom. The van der Waals surface area contributed by atoms with E-state index in [0.717, 1.165) is 19.3 Å². The van der Waals surface area contributed by atoms with Crippen LogP contribution < -0.4 is 5.32 Å². The lowest BCUT2D eigenvalue weighted by Crippen LogP contribution is -2.49. The molecule has 1 aliphatic carbocycles. The summed E-state index contributed by atoms with van der Waals surface area (Å²) in [6.45, 7) is 6.23. The standard InChI is InChI=1S/C23H33N3O6S/c1-16-6-4-5-7-21(16)24-22(28)17(2)32-23(29)19-8-10-20(11-9-19)33(30,31)26-14-12-25(13-15-26)18(3)27/h8-11,16-17,21H,4-7,12-15H2,1-3H3,(H,24,28). The quantitative estimate of drug-likeness (QED) is 0.623. The molecule has 1 aromatic carbocycles. The van der Waals surface area contributed by atoms with E-state index in [9.17, 15) is 22.8 Å². The van der Waals surface area contributed by atoms with Crippen molar-refractivity contribution < 1.29 is 27.5 Å². The Balaban J connectivity index is 1.57. The lowest BCUT2D eigenvalue weighted by Gasteiger charge is -2.33. The number of carbonyl (C=O) groups excluding carboxylic acids is 3. The topological polar surface area (TPSA) is 113 Å². The summed E-state index contributed by atoms with van der Waals surface area (Å²) in [5.74, 6) is -0.698. The molecule has 2 amide bonds. The highest BCUT2D eigenvalue weighted by atomic mass is 32.2. The molecule has 0 spiro atoms. The van der Waals surface area contributed by atoms with Gasteiger partial charge in [0.15, 0.2) is 6.10 Å². The van der Waals surface area contributed by atoms with Crippen molar-refractivity contribution in [1.82, 2.24) is 14.5 Å².